The molecule has 3 rings (SSSR count). The Kier molecular flexibility index (Phi) is 10.7. The minimum Gasteiger partial charge on any atom is -0.158 e. The molecule has 0 saturated heterocycles. The van der Waals surface area contributed by atoms with Crippen LogP contribution in [0.3, 0.4) is 0 Å². The van der Waals surface area contributed by atoms with Gasteiger partial charge in [0.25, 0.3) is 0 Å². The first-order valence-electron chi connectivity index (χ1n) is 13.1. The van der Waals surface area contributed by atoms with Crippen LogP contribution in [0.4, 0.5) is 0 Å². The van der Waals surface area contributed by atoms with E-state index in [2.05, 4.69) is 73.5 Å². The first-order valence-corrected chi connectivity index (χ1v) is 13.1. The van der Waals surface area contributed by atoms with Crippen molar-refractivity contribution in [1.82, 2.24) is 0 Å². The molecule has 32 heavy (non-hydrogen) atoms. The summed E-state index contributed by atoms with van der Waals surface area (Å²) in [6, 6.07) is 19.5. The average molecular weight is 431 g/mol. The van der Waals surface area contributed by atoms with Gasteiger partial charge in [-0.2, -0.15) is 10.2 Å². The molecule has 0 radical (unpaired) electrons. The van der Waals surface area contributed by atoms with Crippen molar-refractivity contribution in [1.29, 1.82) is 0 Å². The van der Waals surface area contributed by atoms with E-state index in [0.29, 0.717) is 5.92 Å². The van der Waals surface area contributed by atoms with Crippen molar-refractivity contribution < 1.29 is 0 Å². The SMILES string of the molecule is CCCCCCc1ccc(C=NN=C(c2ccccc2)C2CCC(CCCC)CC2)cc1. The number of unbranched alkanes of at least 4 members (excludes halogenated alkanes) is 4. The molecule has 0 amide bonds. The maximum absolute atomic E-state index is 4.78. The van der Waals surface area contributed by atoms with Crippen LogP contribution in [0.5, 0.6) is 0 Å². The third kappa shape index (κ3) is 8.04. The lowest BCUT2D eigenvalue weighted by Gasteiger charge is -2.29. The van der Waals surface area contributed by atoms with Gasteiger partial charge < -0.3 is 0 Å². The molecule has 0 unspecified atom stereocenters. The predicted octanol–water partition coefficient (Wildman–Crippen LogP) is 8.63. The van der Waals surface area contributed by atoms with Gasteiger partial charge in [0, 0.05) is 5.92 Å². The number of hydrogen-bond donors (Lipinski definition) is 0. The van der Waals surface area contributed by atoms with E-state index < -0.39 is 0 Å². The molecule has 0 heterocycles. The van der Waals surface area contributed by atoms with Crippen LogP contribution >= 0.6 is 0 Å². The van der Waals surface area contributed by atoms with Gasteiger partial charge in [0.05, 0.1) is 11.9 Å². The van der Waals surface area contributed by atoms with Gasteiger partial charge in [0.15, 0.2) is 0 Å². The molecule has 2 heteroatoms. The number of hydrogen-bond acceptors (Lipinski definition) is 2. The second kappa shape index (κ2) is 14.0. The molecule has 0 spiro atoms. The molecule has 1 aliphatic rings. The Bertz CT molecular complexity index is 812. The molecule has 1 fully saturated rings. The van der Waals surface area contributed by atoms with Crippen LogP contribution in [-0.2, 0) is 6.42 Å². The summed E-state index contributed by atoms with van der Waals surface area (Å²) in [6.07, 6.45) is 17.6. The van der Waals surface area contributed by atoms with Crippen molar-refractivity contribution in [2.45, 2.75) is 90.9 Å². The van der Waals surface area contributed by atoms with Crippen molar-refractivity contribution in [3.63, 3.8) is 0 Å². The van der Waals surface area contributed by atoms with Crippen LogP contribution in [0.15, 0.2) is 64.8 Å². The fourth-order valence-corrected chi connectivity index (χ4v) is 4.89. The molecule has 2 aromatic rings. The Labute approximate surface area is 196 Å². The van der Waals surface area contributed by atoms with E-state index in [1.165, 1.54) is 93.9 Å². The first kappa shape index (κ1) is 24.4. The van der Waals surface area contributed by atoms with Gasteiger partial charge in [-0.3, -0.25) is 0 Å². The van der Waals surface area contributed by atoms with Crippen molar-refractivity contribution >= 4 is 11.9 Å². The van der Waals surface area contributed by atoms with E-state index in [0.717, 1.165) is 11.5 Å². The van der Waals surface area contributed by atoms with Crippen LogP contribution in [0.2, 0.25) is 0 Å². The van der Waals surface area contributed by atoms with Crippen LogP contribution in [0.1, 0.15) is 101 Å². The third-order valence-corrected chi connectivity index (χ3v) is 6.94. The topological polar surface area (TPSA) is 24.7 Å². The van der Waals surface area contributed by atoms with E-state index in [1.54, 1.807) is 0 Å². The number of aryl methyl sites for hydroxylation is 1. The molecule has 0 aliphatic heterocycles. The predicted molar refractivity (Wildman–Crippen MR) is 140 cm³/mol. The molecule has 1 aliphatic carbocycles. The summed E-state index contributed by atoms with van der Waals surface area (Å²) in [5.41, 5.74) is 4.95. The minimum atomic E-state index is 0.526. The van der Waals surface area contributed by atoms with Gasteiger partial charge in [-0.05, 0) is 61.1 Å². The van der Waals surface area contributed by atoms with Crippen LogP contribution < -0.4 is 0 Å². The Hall–Kier alpha value is -2.22. The molecule has 0 N–H and O–H groups in total. The Morgan fingerprint density at radius 2 is 1.53 bits per heavy atom. The third-order valence-electron chi connectivity index (χ3n) is 6.94. The van der Waals surface area contributed by atoms with Gasteiger partial charge in [0.2, 0.25) is 0 Å². The van der Waals surface area contributed by atoms with Gasteiger partial charge >= 0.3 is 0 Å². The summed E-state index contributed by atoms with van der Waals surface area (Å²) < 4.78 is 0. The van der Waals surface area contributed by atoms with Crippen LogP contribution in [0.25, 0.3) is 0 Å². The van der Waals surface area contributed by atoms with Gasteiger partial charge in [-0.1, -0.05) is 107 Å². The van der Waals surface area contributed by atoms with E-state index in [4.69, 9.17) is 5.10 Å². The summed E-state index contributed by atoms with van der Waals surface area (Å²) in [5.74, 6) is 1.44. The maximum Gasteiger partial charge on any atom is 0.0733 e. The highest BCUT2D eigenvalue weighted by Gasteiger charge is 2.25. The zero-order valence-corrected chi connectivity index (χ0v) is 20.3. The van der Waals surface area contributed by atoms with Crippen LogP contribution in [0, 0.1) is 11.8 Å². The van der Waals surface area contributed by atoms with E-state index in [-0.39, 0.29) is 0 Å². The second-order valence-corrected chi connectivity index (χ2v) is 9.51. The molecular weight excluding hydrogens is 388 g/mol. The van der Waals surface area contributed by atoms with E-state index >= 15 is 0 Å². The molecule has 1 saturated carbocycles. The fraction of sp³-hybridized carbons (Fsp3) is 0.533. The molecule has 2 aromatic carbocycles. The normalized spacial score (nSPS) is 19.5. The highest BCUT2D eigenvalue weighted by Crippen LogP contribution is 2.34. The number of rotatable bonds is 12. The van der Waals surface area contributed by atoms with Crippen molar-refractivity contribution in [3.05, 3.63) is 71.3 Å². The molecule has 0 atom stereocenters. The Morgan fingerprint density at radius 3 is 2.22 bits per heavy atom. The number of benzene rings is 2. The smallest absolute Gasteiger partial charge is 0.0733 e. The first-order chi connectivity index (χ1) is 15.8. The molecule has 172 valence electrons. The molecular formula is C30H42N2. The Balaban J connectivity index is 1.63. The minimum absolute atomic E-state index is 0.526. The van der Waals surface area contributed by atoms with E-state index in [1.807, 2.05) is 6.21 Å². The molecule has 0 bridgehead atoms. The zero-order chi connectivity index (χ0) is 22.4. The lowest BCUT2D eigenvalue weighted by atomic mass is 9.76. The highest BCUT2D eigenvalue weighted by atomic mass is 15.2. The monoisotopic (exact) mass is 430 g/mol. The quantitative estimate of drug-likeness (QED) is 0.183. The van der Waals surface area contributed by atoms with Gasteiger partial charge in [-0.15, -0.1) is 0 Å². The van der Waals surface area contributed by atoms with E-state index in [9.17, 15) is 0 Å². The summed E-state index contributed by atoms with van der Waals surface area (Å²) in [6.45, 7) is 4.56. The molecule has 2 nitrogen and oxygen atoms in total. The Morgan fingerprint density at radius 1 is 0.812 bits per heavy atom. The van der Waals surface area contributed by atoms with Crippen molar-refractivity contribution in [3.8, 4) is 0 Å². The van der Waals surface area contributed by atoms with Crippen LogP contribution in [-0.4, -0.2) is 11.9 Å². The second-order valence-electron chi connectivity index (χ2n) is 9.51. The highest BCUT2D eigenvalue weighted by molar-refractivity contribution is 6.02. The zero-order valence-electron chi connectivity index (χ0n) is 20.3. The van der Waals surface area contributed by atoms with Crippen molar-refractivity contribution in [2.24, 2.45) is 22.0 Å². The number of nitrogens with zero attached hydrogens (tertiary/aromatic N) is 2. The van der Waals surface area contributed by atoms with Crippen molar-refractivity contribution in [2.75, 3.05) is 0 Å². The standard InChI is InChI=1S/C30H42N2/c1-3-5-7-9-13-26-16-18-27(19-17-26)24-31-32-30(28-14-10-8-11-15-28)29-22-20-25(21-23-29)12-6-4-2/h8,10-11,14-19,24-25,29H,3-7,9,12-13,20-23H2,1-2H3. The largest absolute Gasteiger partial charge is 0.158 e. The summed E-state index contributed by atoms with van der Waals surface area (Å²) in [5, 5.41) is 9.32. The summed E-state index contributed by atoms with van der Waals surface area (Å²) in [7, 11) is 0. The summed E-state index contributed by atoms with van der Waals surface area (Å²) in [4.78, 5) is 0. The van der Waals surface area contributed by atoms with Gasteiger partial charge in [-0.25, -0.2) is 0 Å². The molecule has 0 aromatic heterocycles. The lowest BCUT2D eigenvalue weighted by Crippen LogP contribution is -2.22. The maximum atomic E-state index is 4.78. The fourth-order valence-electron chi connectivity index (χ4n) is 4.89. The average Bonchev–Trinajstić information content (AvgIpc) is 2.85. The lowest BCUT2D eigenvalue weighted by molar-refractivity contribution is 0.301. The summed E-state index contributed by atoms with van der Waals surface area (Å²) >= 11 is 0. The van der Waals surface area contributed by atoms with Gasteiger partial charge in [0.1, 0.15) is 0 Å².